The second-order valence-electron chi connectivity index (χ2n) is 0.776. The summed E-state index contributed by atoms with van der Waals surface area (Å²) >= 11 is 3.20. The van der Waals surface area contributed by atoms with Crippen molar-refractivity contribution < 1.29 is 44.0 Å². The molecule has 0 saturated heterocycles. The van der Waals surface area contributed by atoms with Gasteiger partial charge >= 0.3 is 56.9 Å². The molecule has 0 saturated carbocycles. The molecule has 0 aromatic carbocycles. The van der Waals surface area contributed by atoms with Crippen LogP contribution in [0.4, 0.5) is 0 Å². The molecule has 0 heterocycles. The zero-order valence-electron chi connectivity index (χ0n) is 5.71. The van der Waals surface area contributed by atoms with Crippen molar-refractivity contribution in [3.63, 3.8) is 0 Å². The van der Waals surface area contributed by atoms with Crippen LogP contribution in [-0.4, -0.2) is 41.5 Å². The molecule has 52 valence electrons. The molecule has 9 heavy (non-hydrogen) atoms. The van der Waals surface area contributed by atoms with E-state index in [2.05, 4.69) is 0 Å². The Labute approximate surface area is 125 Å². The van der Waals surface area contributed by atoms with Gasteiger partial charge in [0, 0.05) is 0 Å². The van der Waals surface area contributed by atoms with E-state index in [0.29, 0.717) is 0 Å². The summed E-state index contributed by atoms with van der Waals surface area (Å²) in [7, 11) is -3.77. The minimum absolute atomic E-state index is 0. The van der Waals surface area contributed by atoms with E-state index in [4.69, 9.17) is 4.55 Å². The molecule has 8 heteroatoms. The Hall–Kier alpha value is 3.29. The number of halogens is 2. The fraction of sp³-hybridized carbons (Fsp3) is 1.00. The van der Waals surface area contributed by atoms with E-state index >= 15 is 0 Å². The van der Waals surface area contributed by atoms with Crippen LogP contribution in [0.1, 0.15) is 1.43 Å². The molecular formula is CH5I2NaO3PbS. The van der Waals surface area contributed by atoms with E-state index < -0.39 is 11.4 Å². The van der Waals surface area contributed by atoms with Crippen molar-refractivity contribution in [1.29, 1.82) is 0 Å². The van der Waals surface area contributed by atoms with Gasteiger partial charge in [-0.05, 0) is 0 Å². The molecule has 3 nitrogen and oxygen atoms in total. The second kappa shape index (κ2) is 7.92. The monoisotopic (exact) mass is 582 g/mol. The first-order valence-electron chi connectivity index (χ1n) is 1.19. The fourth-order valence-corrected chi connectivity index (χ4v) is 0. The van der Waals surface area contributed by atoms with E-state index in [1.54, 1.807) is 45.2 Å². The van der Waals surface area contributed by atoms with Crippen LogP contribution in [0.3, 0.4) is 0 Å². The van der Waals surface area contributed by atoms with Gasteiger partial charge in [-0.25, -0.2) is 0 Å². The van der Waals surface area contributed by atoms with Crippen LogP contribution in [0, 0.1) is 0 Å². The van der Waals surface area contributed by atoms with Crippen LogP contribution in [0.15, 0.2) is 0 Å². The first kappa shape index (κ1) is 18.2. The molecule has 0 aromatic rings. The normalized spacial score (nSPS) is 9.78. The van der Waals surface area contributed by atoms with Gasteiger partial charge in [-0.15, -0.1) is 0 Å². The molecule has 0 bridgehead atoms. The van der Waals surface area contributed by atoms with Gasteiger partial charge in [-0.1, -0.05) is 45.2 Å². The Morgan fingerprint density at radius 1 is 1.44 bits per heavy atom. The van der Waals surface area contributed by atoms with Gasteiger partial charge in [0.15, 0.2) is 1.26 Å². The van der Waals surface area contributed by atoms with Crippen LogP contribution in [0.2, 0.25) is 0 Å². The molecule has 0 aliphatic rings. The molecule has 0 aliphatic carbocycles. The van der Waals surface area contributed by atoms with Gasteiger partial charge in [0.1, 0.15) is 0 Å². The van der Waals surface area contributed by atoms with Gasteiger partial charge < -0.3 is 1.43 Å². The van der Waals surface area contributed by atoms with E-state index in [-0.39, 0.29) is 58.3 Å². The van der Waals surface area contributed by atoms with Crippen LogP contribution in [-0.2, 0) is 10.1 Å². The standard InChI is InChI=1S/CH2I2O3S.Na.Pb.3H/c2-1(3)7(4,5)6;;;;;/h1H,(H,4,5,6);;;;;/q;+1;;;;-1. The van der Waals surface area contributed by atoms with Crippen molar-refractivity contribution in [3.05, 3.63) is 0 Å². The van der Waals surface area contributed by atoms with E-state index in [9.17, 15) is 8.42 Å². The summed E-state index contributed by atoms with van der Waals surface area (Å²) in [5.74, 6) is 0. The van der Waals surface area contributed by atoms with Crippen molar-refractivity contribution in [1.82, 2.24) is 0 Å². The zero-order chi connectivity index (χ0) is 6.08. The molecule has 0 atom stereocenters. The summed E-state index contributed by atoms with van der Waals surface area (Å²) in [5.41, 5.74) is 0. The number of hydrogen-bond acceptors (Lipinski definition) is 2. The number of hydrogen-bond donors (Lipinski definition) is 1. The Kier molecular flexibility index (Phi) is 16.0. The summed E-state index contributed by atoms with van der Waals surface area (Å²) in [6, 6.07) is 0. The Balaban J connectivity index is -0.0000000600. The molecule has 0 unspecified atom stereocenters. The third kappa shape index (κ3) is 11.3. The van der Waals surface area contributed by atoms with E-state index in [1.807, 2.05) is 0 Å². The summed E-state index contributed by atoms with van der Waals surface area (Å²) < 4.78 is 27.1. The van der Waals surface area contributed by atoms with Crippen LogP contribution >= 0.6 is 45.2 Å². The van der Waals surface area contributed by atoms with Crippen molar-refractivity contribution >= 4 is 82.6 Å². The van der Waals surface area contributed by atoms with Gasteiger partial charge in [0.2, 0.25) is 0 Å². The van der Waals surface area contributed by atoms with Gasteiger partial charge in [-0.2, -0.15) is 8.42 Å². The third-order valence-electron chi connectivity index (χ3n) is 0.225. The van der Waals surface area contributed by atoms with Crippen molar-refractivity contribution in [3.8, 4) is 0 Å². The van der Waals surface area contributed by atoms with Gasteiger partial charge in [0.25, 0.3) is 10.1 Å². The number of rotatable bonds is 1. The topological polar surface area (TPSA) is 54.4 Å². The van der Waals surface area contributed by atoms with Crippen LogP contribution < -0.4 is 29.6 Å². The SMILES string of the molecule is O=S(=O)(O)C(I)I.[H-].[Na+].[PbH2]. The molecular weight excluding hydrogens is 576 g/mol. The Morgan fingerprint density at radius 3 is 1.56 bits per heavy atom. The molecule has 0 aromatic heterocycles. The molecule has 1 N–H and O–H groups in total. The average molecular weight is 581 g/mol. The minimum atomic E-state index is -3.77. The quantitative estimate of drug-likeness (QED) is 0.158. The summed E-state index contributed by atoms with van der Waals surface area (Å²) in [6.45, 7) is 0. The van der Waals surface area contributed by atoms with E-state index in [0.717, 1.165) is 0 Å². The predicted octanol–water partition coefficient (Wildman–Crippen LogP) is -2.77. The summed E-state index contributed by atoms with van der Waals surface area (Å²) in [5, 5.41) is 0. The van der Waals surface area contributed by atoms with Crippen LogP contribution in [0.25, 0.3) is 0 Å². The van der Waals surface area contributed by atoms with E-state index in [1.165, 1.54) is 0 Å². The van der Waals surface area contributed by atoms with Crippen LogP contribution in [0.5, 0.6) is 0 Å². The molecule has 0 amide bonds. The van der Waals surface area contributed by atoms with Crippen molar-refractivity contribution in [2.45, 2.75) is 1.26 Å². The Morgan fingerprint density at radius 2 is 1.56 bits per heavy atom. The summed E-state index contributed by atoms with van der Waals surface area (Å²) in [4.78, 5) is 0. The zero-order valence-corrected chi connectivity index (χ0v) is 17.3. The maximum atomic E-state index is 9.87. The Bertz CT molecular complexity index is 149. The molecule has 0 rings (SSSR count). The summed E-state index contributed by atoms with van der Waals surface area (Å²) in [6.07, 6.45) is 0. The fourth-order valence-electron chi connectivity index (χ4n) is 0. The van der Waals surface area contributed by atoms with Crippen molar-refractivity contribution in [2.75, 3.05) is 0 Å². The molecule has 2 radical (unpaired) electrons. The first-order chi connectivity index (χ1) is 2.94. The second-order valence-corrected chi connectivity index (χ2v) is 8.84. The first-order valence-corrected chi connectivity index (χ1v) is 5.18. The van der Waals surface area contributed by atoms with Gasteiger partial charge in [0.05, 0.1) is 0 Å². The van der Waals surface area contributed by atoms with Gasteiger partial charge in [-0.3, -0.25) is 4.55 Å². The molecule has 0 spiro atoms. The van der Waals surface area contributed by atoms with Crippen molar-refractivity contribution in [2.24, 2.45) is 0 Å². The average Bonchev–Trinajstić information content (AvgIpc) is 1.31. The molecule has 0 aliphatic heterocycles. The maximum absolute atomic E-state index is 9.87. The predicted molar refractivity (Wildman–Crippen MR) is 53.0 cm³/mol. The molecule has 0 fully saturated rings. The number of alkyl halides is 2. The third-order valence-corrected chi connectivity index (χ3v) is 4.53.